The van der Waals surface area contributed by atoms with Gasteiger partial charge in [0.1, 0.15) is 91.5 Å². The molecule has 0 radical (unpaired) electrons. The maximum Gasteiger partial charge on any atom is 0.217 e. The van der Waals surface area contributed by atoms with Gasteiger partial charge in [-0.05, 0) is 6.92 Å². The van der Waals surface area contributed by atoms with Crippen molar-refractivity contribution in [1.82, 2.24) is 5.32 Å². The Morgan fingerprint density at radius 3 is 1.62 bits per heavy atom. The van der Waals surface area contributed by atoms with Gasteiger partial charge in [-0.25, -0.2) is 0 Å². The Bertz CT molecular complexity index is 1010. The zero-order valence-electron chi connectivity index (χ0n) is 25.3. The Morgan fingerprint density at radius 2 is 1.04 bits per heavy atom. The third-order valence-corrected chi connectivity index (χ3v) is 8.57. The average Bonchev–Trinajstić information content (AvgIpc) is 3.04. The van der Waals surface area contributed by atoms with E-state index in [-0.39, 0.29) is 0 Å². The van der Waals surface area contributed by atoms with E-state index >= 15 is 0 Å². The first kappa shape index (κ1) is 38.5. The summed E-state index contributed by atoms with van der Waals surface area (Å²) in [5, 5.41) is 127. The zero-order valence-corrected chi connectivity index (χ0v) is 25.3. The van der Waals surface area contributed by atoms with Crippen molar-refractivity contribution < 1.29 is 99.2 Å². The third kappa shape index (κ3) is 8.04. The van der Waals surface area contributed by atoms with Gasteiger partial charge in [0.2, 0.25) is 5.91 Å². The van der Waals surface area contributed by atoms with Gasteiger partial charge in [-0.3, -0.25) is 4.79 Å². The molecule has 4 fully saturated rings. The number of carbonyl (C=O) groups excluding carboxylic acids is 1. The van der Waals surface area contributed by atoms with Gasteiger partial charge in [-0.15, -0.1) is 0 Å². The van der Waals surface area contributed by atoms with Gasteiger partial charge in [0.05, 0.1) is 25.9 Å². The summed E-state index contributed by atoms with van der Waals surface area (Å²) in [6.07, 6.45) is -33.1. The van der Waals surface area contributed by atoms with Gasteiger partial charge < -0.3 is 99.8 Å². The molecule has 4 aliphatic heterocycles. The number of hydrogen-bond donors (Lipinski definition) is 13. The van der Waals surface area contributed by atoms with E-state index in [1.54, 1.807) is 0 Å². The molecule has 0 aromatic rings. The summed E-state index contributed by atoms with van der Waals surface area (Å²) in [5.74, 6) is -0.678. The molecule has 0 aliphatic carbocycles. The summed E-state index contributed by atoms with van der Waals surface area (Å²) in [6.45, 7) is -0.164. The molecular weight excluding hydrogens is 646 g/mol. The molecule has 21 heteroatoms. The Hall–Kier alpha value is -1.29. The van der Waals surface area contributed by atoms with Gasteiger partial charge >= 0.3 is 0 Å². The van der Waals surface area contributed by atoms with Gasteiger partial charge in [0.15, 0.2) is 25.2 Å². The minimum Gasteiger partial charge on any atom is -0.394 e. The van der Waals surface area contributed by atoms with Crippen LogP contribution in [0.1, 0.15) is 13.8 Å². The number of rotatable bonds is 10. The van der Waals surface area contributed by atoms with Crippen molar-refractivity contribution in [2.75, 3.05) is 19.8 Å². The molecule has 0 saturated carbocycles. The van der Waals surface area contributed by atoms with E-state index < -0.39 is 148 Å². The molecule has 0 aromatic heterocycles. The lowest BCUT2D eigenvalue weighted by molar-refractivity contribution is -0.402. The van der Waals surface area contributed by atoms with Crippen LogP contribution in [0.15, 0.2) is 0 Å². The Morgan fingerprint density at radius 1 is 0.553 bits per heavy atom. The van der Waals surface area contributed by atoms with Crippen LogP contribution in [0.5, 0.6) is 0 Å². The smallest absolute Gasteiger partial charge is 0.217 e. The van der Waals surface area contributed by atoms with Crippen LogP contribution in [0.25, 0.3) is 0 Å². The van der Waals surface area contributed by atoms with Crippen molar-refractivity contribution in [2.24, 2.45) is 0 Å². The van der Waals surface area contributed by atoms with Crippen molar-refractivity contribution in [3.05, 3.63) is 0 Å². The fraction of sp³-hybridized carbons (Fsp3) is 0.962. The Kier molecular flexibility index (Phi) is 13.2. The maximum atomic E-state index is 11.7. The van der Waals surface area contributed by atoms with Gasteiger partial charge in [-0.1, -0.05) is 0 Å². The van der Waals surface area contributed by atoms with E-state index in [2.05, 4.69) is 5.32 Å². The monoisotopic (exact) mass is 691 g/mol. The number of ether oxygens (including phenoxy) is 7. The van der Waals surface area contributed by atoms with Crippen molar-refractivity contribution in [2.45, 2.75) is 137 Å². The number of aliphatic hydroxyl groups is 12. The predicted octanol–water partition coefficient (Wildman–Crippen LogP) is -8.58. The summed E-state index contributed by atoms with van der Waals surface area (Å²) in [4.78, 5) is 11.7. The number of nitrogens with one attached hydrogen (secondary N) is 1. The highest BCUT2D eigenvalue weighted by Gasteiger charge is 2.56. The molecule has 0 spiro atoms. The average molecular weight is 692 g/mol. The summed E-state index contributed by atoms with van der Waals surface area (Å²) in [6, 6.07) is -1.50. The van der Waals surface area contributed by atoms with Crippen LogP contribution < -0.4 is 5.32 Å². The van der Waals surface area contributed by atoms with Gasteiger partial charge in [0.25, 0.3) is 0 Å². The van der Waals surface area contributed by atoms with Crippen molar-refractivity contribution in [3.8, 4) is 0 Å². The molecule has 274 valence electrons. The number of hydrogen-bond acceptors (Lipinski definition) is 20. The highest BCUT2D eigenvalue weighted by atomic mass is 16.8. The molecule has 0 aromatic carbocycles. The standard InChI is InChI=1S/C26H45NO20/c1-6-12(32)16(36)18(38)24(41-6)47-22-21(46-25-19(39)17(37)13(33)8(3-28)43-25)14(34)9(4-29)44-26(22)45-20-10(5-30)42-23(40)11(15(20)35)27-7(2)31/h6,8-26,28-30,32-40H,3-5H2,1-2H3,(H,27,31)/t6-,8-,9-,10-,11-,12+,13+,14+,15-,16+,17+,18-,19-,20-,21+,22-,23?,24-,25-,26+/m1/s1. The third-order valence-electron chi connectivity index (χ3n) is 8.57. The first-order chi connectivity index (χ1) is 22.1. The minimum absolute atomic E-state index is 0.678. The van der Waals surface area contributed by atoms with Crippen LogP contribution >= 0.6 is 0 Å². The molecule has 1 unspecified atom stereocenters. The topological polar surface area (TPSA) is 336 Å². The number of aliphatic hydroxyl groups excluding tert-OH is 12. The van der Waals surface area contributed by atoms with Crippen LogP contribution in [0.4, 0.5) is 0 Å². The van der Waals surface area contributed by atoms with E-state index in [9.17, 15) is 66.1 Å². The molecule has 1 amide bonds. The number of carbonyl (C=O) groups is 1. The lowest BCUT2D eigenvalue weighted by Gasteiger charge is -2.50. The van der Waals surface area contributed by atoms with Crippen molar-refractivity contribution >= 4 is 5.91 Å². The van der Waals surface area contributed by atoms with Crippen molar-refractivity contribution in [3.63, 3.8) is 0 Å². The first-order valence-corrected chi connectivity index (χ1v) is 15.0. The molecule has 20 atom stereocenters. The minimum atomic E-state index is -1.99. The highest BCUT2D eigenvalue weighted by molar-refractivity contribution is 5.73. The van der Waals surface area contributed by atoms with Gasteiger partial charge in [0, 0.05) is 6.92 Å². The largest absolute Gasteiger partial charge is 0.394 e. The molecule has 4 aliphatic rings. The van der Waals surface area contributed by atoms with Crippen LogP contribution in [0.3, 0.4) is 0 Å². The van der Waals surface area contributed by atoms with Crippen molar-refractivity contribution in [1.29, 1.82) is 0 Å². The van der Waals surface area contributed by atoms with E-state index in [1.807, 2.05) is 0 Å². The second-order valence-corrected chi connectivity index (χ2v) is 11.9. The van der Waals surface area contributed by atoms with Gasteiger partial charge in [-0.2, -0.15) is 0 Å². The van der Waals surface area contributed by atoms with E-state index in [1.165, 1.54) is 6.92 Å². The fourth-order valence-corrected chi connectivity index (χ4v) is 5.86. The molecule has 0 bridgehead atoms. The first-order valence-electron chi connectivity index (χ1n) is 15.0. The van der Waals surface area contributed by atoms with Crippen LogP contribution in [-0.4, -0.2) is 210 Å². The second kappa shape index (κ2) is 16.2. The molecule has 4 saturated heterocycles. The molecule has 4 heterocycles. The van der Waals surface area contributed by atoms with E-state index in [4.69, 9.17) is 33.2 Å². The highest BCUT2D eigenvalue weighted by Crippen LogP contribution is 2.35. The predicted molar refractivity (Wildman–Crippen MR) is 144 cm³/mol. The lowest BCUT2D eigenvalue weighted by Crippen LogP contribution is -2.69. The molecule has 13 N–H and O–H groups in total. The fourth-order valence-electron chi connectivity index (χ4n) is 5.86. The van der Waals surface area contributed by atoms with E-state index in [0.717, 1.165) is 6.92 Å². The second-order valence-electron chi connectivity index (χ2n) is 11.9. The SMILES string of the molecule is CC(=O)N[C@H]1C(O)O[C@H](CO)[C@@H](O[C@@H]2O[C@H](CO)[C@H](O)[C@H](O[C@H]3O[C@H](CO)[C@H](O)[C@H](O)[C@H]3O)[C@H]2O[C@H]2O[C@H](C)[C@H](O)[C@H](O)[C@H]2O)[C@@H]1O. The number of amides is 1. The Balaban J connectivity index is 1.71. The van der Waals surface area contributed by atoms with Crippen LogP contribution in [-0.2, 0) is 38.0 Å². The summed E-state index contributed by atoms with van der Waals surface area (Å²) < 4.78 is 39.6. The molecular formula is C26H45NO20. The lowest BCUT2D eigenvalue weighted by atomic mass is 9.94. The molecule has 47 heavy (non-hydrogen) atoms. The Labute approximate surface area is 267 Å². The van der Waals surface area contributed by atoms with Crippen LogP contribution in [0, 0.1) is 0 Å². The summed E-state index contributed by atoms with van der Waals surface area (Å²) >= 11 is 0. The summed E-state index contributed by atoms with van der Waals surface area (Å²) in [7, 11) is 0. The normalized spacial score (nSPS) is 51.0. The summed E-state index contributed by atoms with van der Waals surface area (Å²) in [5.41, 5.74) is 0. The zero-order chi connectivity index (χ0) is 34.9. The maximum absolute atomic E-state index is 11.7. The molecule has 4 rings (SSSR count). The quantitative estimate of drug-likeness (QED) is 0.101. The van der Waals surface area contributed by atoms with E-state index in [0.29, 0.717) is 0 Å². The van der Waals surface area contributed by atoms with Crippen LogP contribution in [0.2, 0.25) is 0 Å². The molecule has 21 nitrogen and oxygen atoms in total.